The Kier molecular flexibility index (Phi) is 3.18. The van der Waals surface area contributed by atoms with Crippen LogP contribution in [0.15, 0.2) is 36.7 Å². The summed E-state index contributed by atoms with van der Waals surface area (Å²) in [5, 5.41) is 13.0. The molecule has 1 heterocycles. The molecule has 0 saturated carbocycles. The SMILES string of the molecule is CC(C(=O)O)c1ncnn1Cc1ccccc1. The van der Waals surface area contributed by atoms with Crippen LogP contribution in [0.25, 0.3) is 0 Å². The van der Waals surface area contributed by atoms with Crippen LogP contribution in [0.5, 0.6) is 0 Å². The Bertz CT molecular complexity index is 507. The van der Waals surface area contributed by atoms with Crippen LogP contribution in [0.4, 0.5) is 0 Å². The lowest BCUT2D eigenvalue weighted by atomic mass is 10.1. The molecule has 0 bridgehead atoms. The third-order valence-corrected chi connectivity index (χ3v) is 2.58. The quantitative estimate of drug-likeness (QED) is 0.866. The van der Waals surface area contributed by atoms with Crippen molar-refractivity contribution in [1.29, 1.82) is 0 Å². The first-order valence-corrected chi connectivity index (χ1v) is 5.33. The van der Waals surface area contributed by atoms with Crippen molar-refractivity contribution in [3.8, 4) is 0 Å². The minimum absolute atomic E-state index is 0.473. The Morgan fingerprint density at radius 3 is 2.76 bits per heavy atom. The fourth-order valence-electron chi connectivity index (χ4n) is 1.60. The molecule has 17 heavy (non-hydrogen) atoms. The molecule has 5 heteroatoms. The number of carbonyl (C=O) groups is 1. The summed E-state index contributed by atoms with van der Waals surface area (Å²) >= 11 is 0. The summed E-state index contributed by atoms with van der Waals surface area (Å²) in [6.45, 7) is 2.14. The number of aromatic nitrogens is 3. The molecule has 0 aliphatic rings. The molecule has 0 spiro atoms. The van der Waals surface area contributed by atoms with Gasteiger partial charge in [-0.1, -0.05) is 30.3 Å². The Morgan fingerprint density at radius 2 is 2.12 bits per heavy atom. The lowest BCUT2D eigenvalue weighted by molar-refractivity contribution is -0.138. The molecule has 0 aliphatic heterocycles. The topological polar surface area (TPSA) is 68.0 Å². The van der Waals surface area contributed by atoms with Crippen molar-refractivity contribution in [3.63, 3.8) is 0 Å². The molecule has 0 fully saturated rings. The maximum absolute atomic E-state index is 10.9. The number of hydrogen-bond acceptors (Lipinski definition) is 3. The number of nitrogens with zero attached hydrogens (tertiary/aromatic N) is 3. The third kappa shape index (κ3) is 2.50. The minimum atomic E-state index is -0.896. The van der Waals surface area contributed by atoms with E-state index in [1.165, 1.54) is 6.33 Å². The molecule has 2 rings (SSSR count). The molecule has 0 amide bonds. The van der Waals surface area contributed by atoms with E-state index in [0.29, 0.717) is 12.4 Å². The van der Waals surface area contributed by atoms with E-state index in [-0.39, 0.29) is 0 Å². The lowest BCUT2D eigenvalue weighted by Gasteiger charge is -2.08. The summed E-state index contributed by atoms with van der Waals surface area (Å²) in [5.41, 5.74) is 1.07. The normalized spacial score (nSPS) is 12.3. The van der Waals surface area contributed by atoms with Crippen LogP contribution >= 0.6 is 0 Å². The average molecular weight is 231 g/mol. The number of hydrogen-bond donors (Lipinski definition) is 1. The molecule has 0 radical (unpaired) electrons. The van der Waals surface area contributed by atoms with Crippen LogP contribution in [-0.2, 0) is 11.3 Å². The van der Waals surface area contributed by atoms with Gasteiger partial charge in [0.05, 0.1) is 6.54 Å². The van der Waals surface area contributed by atoms with Gasteiger partial charge in [0.25, 0.3) is 0 Å². The van der Waals surface area contributed by atoms with Gasteiger partial charge in [0.15, 0.2) is 0 Å². The number of rotatable bonds is 4. The van der Waals surface area contributed by atoms with Crippen molar-refractivity contribution in [3.05, 3.63) is 48.0 Å². The van der Waals surface area contributed by atoms with E-state index in [1.807, 2.05) is 30.3 Å². The van der Waals surface area contributed by atoms with E-state index in [9.17, 15) is 4.79 Å². The van der Waals surface area contributed by atoms with Gasteiger partial charge in [-0.15, -0.1) is 0 Å². The van der Waals surface area contributed by atoms with Gasteiger partial charge < -0.3 is 5.11 Å². The zero-order valence-electron chi connectivity index (χ0n) is 9.45. The smallest absolute Gasteiger partial charge is 0.313 e. The summed E-state index contributed by atoms with van der Waals surface area (Å²) in [5.74, 6) is -1.07. The van der Waals surface area contributed by atoms with E-state index in [0.717, 1.165) is 5.56 Å². The van der Waals surface area contributed by atoms with E-state index < -0.39 is 11.9 Å². The van der Waals surface area contributed by atoms with Crippen LogP contribution in [0.2, 0.25) is 0 Å². The summed E-state index contributed by atoms with van der Waals surface area (Å²) in [6, 6.07) is 9.75. The van der Waals surface area contributed by atoms with E-state index >= 15 is 0 Å². The van der Waals surface area contributed by atoms with E-state index in [2.05, 4.69) is 10.1 Å². The minimum Gasteiger partial charge on any atom is -0.481 e. The highest BCUT2D eigenvalue weighted by Gasteiger charge is 2.19. The largest absolute Gasteiger partial charge is 0.481 e. The fraction of sp³-hybridized carbons (Fsp3) is 0.250. The number of benzene rings is 1. The molecule has 0 saturated heterocycles. The van der Waals surface area contributed by atoms with Gasteiger partial charge in [-0.2, -0.15) is 5.10 Å². The van der Waals surface area contributed by atoms with Gasteiger partial charge >= 0.3 is 5.97 Å². The molecule has 1 N–H and O–H groups in total. The van der Waals surface area contributed by atoms with Crippen LogP contribution < -0.4 is 0 Å². The number of aliphatic carboxylic acids is 1. The maximum Gasteiger partial charge on any atom is 0.313 e. The van der Waals surface area contributed by atoms with Crippen molar-refractivity contribution in [2.24, 2.45) is 0 Å². The second kappa shape index (κ2) is 4.78. The Morgan fingerprint density at radius 1 is 1.41 bits per heavy atom. The zero-order valence-corrected chi connectivity index (χ0v) is 9.45. The van der Waals surface area contributed by atoms with Crippen LogP contribution in [0.3, 0.4) is 0 Å². The fourth-order valence-corrected chi connectivity index (χ4v) is 1.60. The second-order valence-electron chi connectivity index (χ2n) is 3.82. The summed E-state index contributed by atoms with van der Waals surface area (Å²) < 4.78 is 1.62. The monoisotopic (exact) mass is 231 g/mol. The summed E-state index contributed by atoms with van der Waals surface area (Å²) in [7, 11) is 0. The van der Waals surface area contributed by atoms with Gasteiger partial charge in [-0.3, -0.25) is 4.79 Å². The Labute approximate surface area is 98.7 Å². The molecular weight excluding hydrogens is 218 g/mol. The van der Waals surface area contributed by atoms with Gasteiger partial charge in [-0.05, 0) is 12.5 Å². The first-order valence-electron chi connectivity index (χ1n) is 5.33. The van der Waals surface area contributed by atoms with Crippen LogP contribution in [-0.4, -0.2) is 25.8 Å². The molecule has 1 aromatic carbocycles. The maximum atomic E-state index is 10.9. The molecule has 88 valence electrons. The van der Waals surface area contributed by atoms with Gasteiger partial charge in [0, 0.05) is 0 Å². The predicted molar refractivity (Wildman–Crippen MR) is 61.6 cm³/mol. The molecule has 2 aromatic rings. The standard InChI is InChI=1S/C12H13N3O2/c1-9(12(16)17)11-13-8-14-15(11)7-10-5-3-2-4-6-10/h2-6,8-9H,7H2,1H3,(H,16,17). The highest BCUT2D eigenvalue weighted by atomic mass is 16.4. The molecule has 1 unspecified atom stereocenters. The van der Waals surface area contributed by atoms with E-state index in [4.69, 9.17) is 5.11 Å². The summed E-state index contributed by atoms with van der Waals surface area (Å²) in [4.78, 5) is 14.9. The van der Waals surface area contributed by atoms with Crippen molar-refractivity contribution >= 4 is 5.97 Å². The van der Waals surface area contributed by atoms with Crippen LogP contribution in [0.1, 0.15) is 24.2 Å². The van der Waals surface area contributed by atoms with Crippen molar-refractivity contribution in [1.82, 2.24) is 14.8 Å². The molecule has 0 aliphatic carbocycles. The first-order chi connectivity index (χ1) is 8.18. The number of carboxylic acids is 1. The van der Waals surface area contributed by atoms with Gasteiger partial charge in [0.1, 0.15) is 18.1 Å². The second-order valence-corrected chi connectivity index (χ2v) is 3.82. The van der Waals surface area contributed by atoms with Crippen molar-refractivity contribution in [2.45, 2.75) is 19.4 Å². The molecule has 5 nitrogen and oxygen atoms in total. The van der Waals surface area contributed by atoms with E-state index in [1.54, 1.807) is 11.6 Å². The van der Waals surface area contributed by atoms with Crippen molar-refractivity contribution in [2.75, 3.05) is 0 Å². The van der Waals surface area contributed by atoms with Gasteiger partial charge in [0.2, 0.25) is 0 Å². The molecular formula is C12H13N3O2. The van der Waals surface area contributed by atoms with Gasteiger partial charge in [-0.25, -0.2) is 9.67 Å². The highest BCUT2D eigenvalue weighted by Crippen LogP contribution is 2.13. The molecule has 1 aromatic heterocycles. The van der Waals surface area contributed by atoms with Crippen molar-refractivity contribution < 1.29 is 9.90 Å². The first kappa shape index (κ1) is 11.3. The third-order valence-electron chi connectivity index (χ3n) is 2.58. The lowest BCUT2D eigenvalue weighted by Crippen LogP contribution is -2.15. The van der Waals surface area contributed by atoms with Crippen LogP contribution in [0, 0.1) is 0 Å². The highest BCUT2D eigenvalue weighted by molar-refractivity contribution is 5.74. The Hall–Kier alpha value is -2.17. The zero-order chi connectivity index (χ0) is 12.3. The summed E-state index contributed by atoms with van der Waals surface area (Å²) in [6.07, 6.45) is 1.39. The number of carboxylic acid groups (broad SMARTS) is 1. The Balaban J connectivity index is 2.23. The average Bonchev–Trinajstić information content (AvgIpc) is 2.77. The predicted octanol–water partition coefficient (Wildman–Crippen LogP) is 1.51. The molecule has 1 atom stereocenters.